The van der Waals surface area contributed by atoms with Gasteiger partial charge in [-0.15, -0.1) is 11.8 Å². The van der Waals surface area contributed by atoms with Gasteiger partial charge >= 0.3 is 0 Å². The van der Waals surface area contributed by atoms with E-state index in [2.05, 4.69) is 54.6 Å². The van der Waals surface area contributed by atoms with Crippen molar-refractivity contribution in [3.8, 4) is 0 Å². The monoisotopic (exact) mass is 315 g/mol. The molecule has 118 valence electrons. The summed E-state index contributed by atoms with van der Waals surface area (Å²) in [4.78, 5) is 1.31. The van der Waals surface area contributed by atoms with E-state index in [0.717, 1.165) is 18.6 Å². The van der Waals surface area contributed by atoms with Crippen molar-refractivity contribution >= 4 is 11.8 Å². The molecule has 0 spiro atoms. The third-order valence-electron chi connectivity index (χ3n) is 3.66. The maximum atomic E-state index is 5.65. The van der Waals surface area contributed by atoms with E-state index in [4.69, 9.17) is 10.5 Å². The van der Waals surface area contributed by atoms with Crippen LogP contribution in [0.25, 0.3) is 0 Å². The van der Waals surface area contributed by atoms with Crippen LogP contribution in [0.3, 0.4) is 0 Å². The summed E-state index contributed by atoms with van der Waals surface area (Å²) in [5, 5.41) is 0. The van der Waals surface area contributed by atoms with Crippen molar-refractivity contribution in [3.05, 3.63) is 65.7 Å². The Morgan fingerprint density at radius 3 is 2.64 bits per heavy atom. The Bertz CT molecular complexity index is 544. The maximum absolute atomic E-state index is 5.65. The fraction of sp³-hybridized carbons (Fsp3) is 0.368. The van der Waals surface area contributed by atoms with Crippen molar-refractivity contribution in [2.75, 3.05) is 19.4 Å². The number of methoxy groups -OCH3 is 1. The molecule has 1 atom stereocenters. The molecule has 2 aromatic rings. The van der Waals surface area contributed by atoms with Crippen LogP contribution in [-0.2, 0) is 11.2 Å². The van der Waals surface area contributed by atoms with Crippen molar-refractivity contribution < 1.29 is 4.74 Å². The zero-order valence-corrected chi connectivity index (χ0v) is 14.0. The Labute approximate surface area is 138 Å². The van der Waals surface area contributed by atoms with Crippen LogP contribution in [0.5, 0.6) is 0 Å². The van der Waals surface area contributed by atoms with Crippen LogP contribution in [0.2, 0.25) is 0 Å². The van der Waals surface area contributed by atoms with Gasteiger partial charge in [0.15, 0.2) is 0 Å². The second-order valence-corrected chi connectivity index (χ2v) is 6.48. The fourth-order valence-electron chi connectivity index (χ4n) is 2.49. The number of hydrogen-bond acceptors (Lipinski definition) is 3. The van der Waals surface area contributed by atoms with Gasteiger partial charge in [-0.05, 0) is 54.8 Å². The molecule has 0 heterocycles. The molecule has 2 N–H and O–H groups in total. The molecule has 0 radical (unpaired) electrons. The van der Waals surface area contributed by atoms with E-state index >= 15 is 0 Å². The van der Waals surface area contributed by atoms with Crippen LogP contribution in [0, 0.1) is 0 Å². The summed E-state index contributed by atoms with van der Waals surface area (Å²) in [5.41, 5.74) is 8.29. The number of benzene rings is 2. The van der Waals surface area contributed by atoms with E-state index in [1.807, 2.05) is 11.8 Å². The standard InChI is InChI=1S/C19H25NOS/c1-21-19(12-13-20)17-10-5-11-18(15-17)22-14-6-9-16-7-3-2-4-8-16/h2-5,7-8,10-11,15,19H,6,9,12-14,20H2,1H3. The lowest BCUT2D eigenvalue weighted by molar-refractivity contribution is 0.0976. The van der Waals surface area contributed by atoms with Gasteiger partial charge in [0, 0.05) is 12.0 Å². The number of thioether (sulfide) groups is 1. The summed E-state index contributed by atoms with van der Waals surface area (Å²) in [6.45, 7) is 0.646. The number of hydrogen-bond donors (Lipinski definition) is 1. The van der Waals surface area contributed by atoms with E-state index in [0.29, 0.717) is 6.54 Å². The van der Waals surface area contributed by atoms with Gasteiger partial charge in [0.2, 0.25) is 0 Å². The summed E-state index contributed by atoms with van der Waals surface area (Å²) in [6, 6.07) is 19.3. The van der Waals surface area contributed by atoms with Crippen LogP contribution in [0.1, 0.15) is 30.1 Å². The van der Waals surface area contributed by atoms with E-state index < -0.39 is 0 Å². The Kier molecular flexibility index (Phi) is 7.50. The van der Waals surface area contributed by atoms with Crippen LogP contribution in [-0.4, -0.2) is 19.4 Å². The van der Waals surface area contributed by atoms with Crippen molar-refractivity contribution in [2.24, 2.45) is 5.73 Å². The molecule has 0 aliphatic heterocycles. The van der Waals surface area contributed by atoms with E-state index in [1.54, 1.807) is 7.11 Å². The first-order valence-corrected chi connectivity index (χ1v) is 8.81. The predicted molar refractivity (Wildman–Crippen MR) is 95.4 cm³/mol. The molecule has 0 amide bonds. The minimum Gasteiger partial charge on any atom is -0.377 e. The lowest BCUT2D eigenvalue weighted by atomic mass is 10.1. The molecule has 0 aliphatic carbocycles. The van der Waals surface area contributed by atoms with Gasteiger partial charge < -0.3 is 10.5 Å². The molecule has 0 saturated carbocycles. The summed E-state index contributed by atoms with van der Waals surface area (Å²) in [7, 11) is 1.75. The van der Waals surface area contributed by atoms with Crippen LogP contribution in [0.15, 0.2) is 59.5 Å². The normalized spacial score (nSPS) is 12.3. The molecule has 2 aromatic carbocycles. The van der Waals surface area contributed by atoms with Crippen molar-refractivity contribution in [1.29, 1.82) is 0 Å². The Morgan fingerprint density at radius 2 is 1.91 bits per heavy atom. The minimum atomic E-state index is 0.106. The molecule has 1 unspecified atom stereocenters. The summed E-state index contributed by atoms with van der Waals surface area (Å²) < 4.78 is 5.53. The highest BCUT2D eigenvalue weighted by atomic mass is 32.2. The van der Waals surface area contributed by atoms with Gasteiger partial charge in [-0.3, -0.25) is 0 Å². The zero-order chi connectivity index (χ0) is 15.6. The molecule has 0 saturated heterocycles. The minimum absolute atomic E-state index is 0.106. The molecule has 2 rings (SSSR count). The highest BCUT2D eigenvalue weighted by Crippen LogP contribution is 2.26. The van der Waals surface area contributed by atoms with Gasteiger partial charge in [-0.1, -0.05) is 42.5 Å². The second-order valence-electron chi connectivity index (χ2n) is 5.31. The van der Waals surface area contributed by atoms with Crippen LogP contribution in [0.4, 0.5) is 0 Å². The molecule has 3 heteroatoms. The molecule has 22 heavy (non-hydrogen) atoms. The Morgan fingerprint density at radius 1 is 1.09 bits per heavy atom. The van der Waals surface area contributed by atoms with Crippen LogP contribution < -0.4 is 5.73 Å². The van der Waals surface area contributed by atoms with Crippen molar-refractivity contribution in [2.45, 2.75) is 30.3 Å². The average Bonchev–Trinajstić information content (AvgIpc) is 2.58. The Hall–Kier alpha value is -1.29. The molecule has 0 aromatic heterocycles. The number of aryl methyl sites for hydroxylation is 1. The van der Waals surface area contributed by atoms with E-state index in [9.17, 15) is 0 Å². The van der Waals surface area contributed by atoms with Crippen molar-refractivity contribution in [3.63, 3.8) is 0 Å². The number of rotatable bonds is 9. The SMILES string of the molecule is COC(CCN)c1cccc(SCCCc2ccccc2)c1. The second kappa shape index (κ2) is 9.67. The topological polar surface area (TPSA) is 35.2 Å². The fourth-order valence-corrected chi connectivity index (χ4v) is 3.41. The Balaban J connectivity index is 1.82. The van der Waals surface area contributed by atoms with Gasteiger partial charge in [0.05, 0.1) is 6.10 Å². The number of ether oxygens (including phenoxy) is 1. The third-order valence-corrected chi connectivity index (χ3v) is 4.74. The quantitative estimate of drug-likeness (QED) is 0.548. The molecule has 0 aliphatic rings. The van der Waals surface area contributed by atoms with Crippen molar-refractivity contribution in [1.82, 2.24) is 0 Å². The average molecular weight is 315 g/mol. The third kappa shape index (κ3) is 5.48. The largest absolute Gasteiger partial charge is 0.377 e. The molecular formula is C19H25NOS. The summed E-state index contributed by atoms with van der Waals surface area (Å²) >= 11 is 1.91. The predicted octanol–water partition coefficient (Wildman–Crippen LogP) is 4.45. The number of nitrogens with two attached hydrogens (primary N) is 1. The van der Waals surface area contributed by atoms with E-state index in [1.165, 1.54) is 22.4 Å². The van der Waals surface area contributed by atoms with E-state index in [-0.39, 0.29) is 6.10 Å². The smallest absolute Gasteiger partial charge is 0.0833 e. The molecule has 0 bridgehead atoms. The van der Waals surface area contributed by atoms with Crippen LogP contribution >= 0.6 is 11.8 Å². The molecule has 0 fully saturated rings. The maximum Gasteiger partial charge on any atom is 0.0833 e. The first-order valence-electron chi connectivity index (χ1n) is 7.83. The summed E-state index contributed by atoms with van der Waals surface area (Å²) in [6.07, 6.45) is 3.30. The lowest BCUT2D eigenvalue weighted by Crippen LogP contribution is -2.09. The first kappa shape index (κ1) is 17.1. The highest BCUT2D eigenvalue weighted by Gasteiger charge is 2.09. The van der Waals surface area contributed by atoms with Gasteiger partial charge in [0.1, 0.15) is 0 Å². The highest BCUT2D eigenvalue weighted by molar-refractivity contribution is 7.99. The molecule has 2 nitrogen and oxygen atoms in total. The zero-order valence-electron chi connectivity index (χ0n) is 13.2. The van der Waals surface area contributed by atoms with Gasteiger partial charge in [-0.2, -0.15) is 0 Å². The first-order chi connectivity index (χ1) is 10.8. The van der Waals surface area contributed by atoms with Gasteiger partial charge in [0.25, 0.3) is 0 Å². The van der Waals surface area contributed by atoms with Gasteiger partial charge in [-0.25, -0.2) is 0 Å². The molecular weight excluding hydrogens is 290 g/mol. The summed E-state index contributed by atoms with van der Waals surface area (Å²) in [5.74, 6) is 1.13. The lowest BCUT2D eigenvalue weighted by Gasteiger charge is -2.15.